The molecular formula is C32H30N8. The van der Waals surface area contributed by atoms with E-state index < -0.39 is 0 Å². The lowest BCUT2D eigenvalue weighted by Crippen LogP contribution is -2.20. The van der Waals surface area contributed by atoms with Crippen molar-refractivity contribution in [2.24, 2.45) is 0 Å². The first-order valence-electron chi connectivity index (χ1n) is 13.7. The SMILES string of the molecule is C=Cc1nc(CC(c2nc3ccccc3[nH]2)C(Cc2nc3ccccc3[nH]2)c2nc3ccccc3[nH]2)[nH]c1CC. The van der Waals surface area contributed by atoms with E-state index in [2.05, 4.69) is 51.6 Å². The molecule has 0 spiro atoms. The van der Waals surface area contributed by atoms with E-state index in [1.165, 1.54) is 0 Å². The summed E-state index contributed by atoms with van der Waals surface area (Å²) in [5.74, 6) is 3.47. The Morgan fingerprint density at radius 2 is 1.10 bits per heavy atom. The molecule has 40 heavy (non-hydrogen) atoms. The largest absolute Gasteiger partial charge is 0.345 e. The van der Waals surface area contributed by atoms with Gasteiger partial charge in [-0.25, -0.2) is 19.9 Å². The highest BCUT2D eigenvalue weighted by molar-refractivity contribution is 5.76. The predicted molar refractivity (Wildman–Crippen MR) is 159 cm³/mol. The number of benzene rings is 3. The number of H-pyrrole nitrogens is 4. The van der Waals surface area contributed by atoms with Crippen LogP contribution in [0.4, 0.5) is 0 Å². The third kappa shape index (κ3) is 4.37. The van der Waals surface area contributed by atoms with Crippen molar-refractivity contribution in [3.05, 3.63) is 114 Å². The number of aryl methyl sites for hydroxylation is 1. The Hall–Kier alpha value is -4.98. The number of hydrogen-bond acceptors (Lipinski definition) is 4. The fraction of sp³-hybridized carbons (Fsp3) is 0.188. The van der Waals surface area contributed by atoms with Crippen molar-refractivity contribution in [1.82, 2.24) is 39.9 Å². The molecule has 0 radical (unpaired) electrons. The summed E-state index contributed by atoms with van der Waals surface area (Å²) in [7, 11) is 0. The van der Waals surface area contributed by atoms with Crippen LogP contribution in [0.1, 0.15) is 53.4 Å². The van der Waals surface area contributed by atoms with E-state index in [-0.39, 0.29) is 11.8 Å². The van der Waals surface area contributed by atoms with E-state index in [0.29, 0.717) is 12.8 Å². The number of hydrogen-bond donors (Lipinski definition) is 4. The van der Waals surface area contributed by atoms with Crippen molar-refractivity contribution >= 4 is 39.2 Å². The summed E-state index contributed by atoms with van der Waals surface area (Å²) in [4.78, 5) is 34.3. The van der Waals surface area contributed by atoms with Crippen LogP contribution in [0.2, 0.25) is 0 Å². The molecule has 7 rings (SSSR count). The van der Waals surface area contributed by atoms with Gasteiger partial charge in [0.05, 0.1) is 38.8 Å². The van der Waals surface area contributed by atoms with Gasteiger partial charge in [0.25, 0.3) is 0 Å². The topological polar surface area (TPSA) is 115 Å². The first-order valence-corrected chi connectivity index (χ1v) is 13.7. The fourth-order valence-corrected chi connectivity index (χ4v) is 5.69. The van der Waals surface area contributed by atoms with Crippen molar-refractivity contribution < 1.29 is 0 Å². The molecule has 2 atom stereocenters. The Bertz CT molecular complexity index is 1850. The molecule has 0 bridgehead atoms. The molecule has 3 aromatic carbocycles. The molecule has 4 N–H and O–H groups in total. The summed E-state index contributed by atoms with van der Waals surface area (Å²) in [6.45, 7) is 6.10. The van der Waals surface area contributed by atoms with Gasteiger partial charge in [-0.05, 0) is 48.9 Å². The molecule has 0 aliphatic rings. The summed E-state index contributed by atoms with van der Waals surface area (Å²) in [6.07, 6.45) is 3.96. The second kappa shape index (κ2) is 9.96. The maximum absolute atomic E-state index is 5.07. The minimum absolute atomic E-state index is 0.0733. The number of para-hydroxylation sites is 6. The van der Waals surface area contributed by atoms with Crippen LogP contribution in [0.25, 0.3) is 39.2 Å². The van der Waals surface area contributed by atoms with Crippen LogP contribution >= 0.6 is 0 Å². The smallest absolute Gasteiger partial charge is 0.111 e. The standard InChI is InChI=1S/C32H30N8/c1-3-21-22(4-2)34-29(33-21)17-19(31-37-25-13-7-8-14-26(25)38-31)20(32-39-27-15-9-10-16-28(27)40-32)18-30-35-23-11-5-6-12-24(23)36-30/h3,5-16,19-20H,1,4,17-18H2,2H3,(H,33,34)(H,35,36)(H,37,38)(H,39,40). The van der Waals surface area contributed by atoms with Gasteiger partial charge in [-0.1, -0.05) is 49.9 Å². The lowest BCUT2D eigenvalue weighted by Gasteiger charge is -2.23. The molecule has 0 fully saturated rings. The van der Waals surface area contributed by atoms with Crippen LogP contribution in [0.3, 0.4) is 0 Å². The molecule has 8 heteroatoms. The highest BCUT2D eigenvalue weighted by atomic mass is 15.0. The molecule has 2 unspecified atom stereocenters. The Morgan fingerprint density at radius 1 is 0.625 bits per heavy atom. The van der Waals surface area contributed by atoms with E-state index in [0.717, 1.165) is 74.2 Å². The molecule has 8 nitrogen and oxygen atoms in total. The molecule has 0 amide bonds. The Labute approximate surface area is 231 Å². The lowest BCUT2D eigenvalue weighted by molar-refractivity contribution is 0.480. The second-order valence-corrected chi connectivity index (χ2v) is 10.2. The van der Waals surface area contributed by atoms with Gasteiger partial charge in [-0.2, -0.15) is 0 Å². The van der Waals surface area contributed by atoms with Gasteiger partial charge in [-0.15, -0.1) is 0 Å². The number of aromatic amines is 4. The summed E-state index contributed by atoms with van der Waals surface area (Å²) in [5, 5.41) is 0. The highest BCUT2D eigenvalue weighted by Gasteiger charge is 2.32. The van der Waals surface area contributed by atoms with Crippen molar-refractivity contribution in [2.75, 3.05) is 0 Å². The average molecular weight is 527 g/mol. The second-order valence-electron chi connectivity index (χ2n) is 10.2. The van der Waals surface area contributed by atoms with Gasteiger partial charge in [0.1, 0.15) is 23.3 Å². The van der Waals surface area contributed by atoms with Crippen molar-refractivity contribution in [3.8, 4) is 0 Å². The van der Waals surface area contributed by atoms with Crippen molar-refractivity contribution in [3.63, 3.8) is 0 Å². The van der Waals surface area contributed by atoms with Crippen LogP contribution in [-0.2, 0) is 19.3 Å². The predicted octanol–water partition coefficient (Wildman–Crippen LogP) is 6.60. The molecule has 4 aromatic heterocycles. The number of aromatic nitrogens is 8. The zero-order valence-electron chi connectivity index (χ0n) is 22.3. The number of fused-ring (bicyclic) bond motifs is 3. The van der Waals surface area contributed by atoms with Crippen molar-refractivity contribution in [1.29, 1.82) is 0 Å². The van der Waals surface area contributed by atoms with E-state index in [4.69, 9.17) is 19.9 Å². The van der Waals surface area contributed by atoms with Gasteiger partial charge >= 0.3 is 0 Å². The highest BCUT2D eigenvalue weighted by Crippen LogP contribution is 2.37. The summed E-state index contributed by atoms with van der Waals surface area (Å²) in [6, 6.07) is 24.4. The third-order valence-electron chi connectivity index (χ3n) is 7.68. The minimum atomic E-state index is -0.0744. The molecule has 4 heterocycles. The normalized spacial score (nSPS) is 13.3. The number of rotatable bonds is 9. The van der Waals surface area contributed by atoms with Gasteiger partial charge < -0.3 is 19.9 Å². The molecular weight excluding hydrogens is 496 g/mol. The van der Waals surface area contributed by atoms with E-state index >= 15 is 0 Å². The van der Waals surface area contributed by atoms with Gasteiger partial charge in [0, 0.05) is 30.4 Å². The Balaban J connectivity index is 1.39. The summed E-state index contributed by atoms with van der Waals surface area (Å²) in [5.41, 5.74) is 7.87. The van der Waals surface area contributed by atoms with Crippen LogP contribution < -0.4 is 0 Å². The van der Waals surface area contributed by atoms with Crippen LogP contribution in [0.5, 0.6) is 0 Å². The monoisotopic (exact) mass is 526 g/mol. The number of nitrogens with one attached hydrogen (secondary N) is 4. The van der Waals surface area contributed by atoms with Crippen LogP contribution in [0, 0.1) is 0 Å². The molecule has 0 saturated heterocycles. The summed E-state index contributed by atoms with van der Waals surface area (Å²) >= 11 is 0. The molecule has 0 aliphatic heterocycles. The van der Waals surface area contributed by atoms with E-state index in [1.807, 2.05) is 60.7 Å². The third-order valence-corrected chi connectivity index (χ3v) is 7.68. The van der Waals surface area contributed by atoms with Crippen LogP contribution in [0.15, 0.2) is 79.4 Å². The maximum Gasteiger partial charge on any atom is 0.111 e. The van der Waals surface area contributed by atoms with Gasteiger partial charge in [0.15, 0.2) is 0 Å². The maximum atomic E-state index is 5.07. The van der Waals surface area contributed by atoms with E-state index in [1.54, 1.807) is 0 Å². The number of nitrogens with zero attached hydrogens (tertiary/aromatic N) is 4. The zero-order chi connectivity index (χ0) is 27.1. The molecule has 0 aliphatic carbocycles. The number of imidazole rings is 4. The van der Waals surface area contributed by atoms with Crippen LogP contribution in [-0.4, -0.2) is 39.9 Å². The van der Waals surface area contributed by atoms with Gasteiger partial charge in [0.2, 0.25) is 0 Å². The lowest BCUT2D eigenvalue weighted by atomic mass is 9.85. The first-order chi connectivity index (χ1) is 19.7. The first kappa shape index (κ1) is 24.1. The quantitative estimate of drug-likeness (QED) is 0.170. The van der Waals surface area contributed by atoms with Gasteiger partial charge in [-0.3, -0.25) is 0 Å². The average Bonchev–Trinajstić information content (AvgIpc) is 3.77. The molecule has 198 valence electrons. The van der Waals surface area contributed by atoms with E-state index in [9.17, 15) is 0 Å². The summed E-state index contributed by atoms with van der Waals surface area (Å²) < 4.78 is 0. The molecule has 0 saturated carbocycles. The Kier molecular flexibility index (Phi) is 6.00. The Morgan fingerprint density at radius 3 is 1.55 bits per heavy atom. The minimum Gasteiger partial charge on any atom is -0.345 e. The van der Waals surface area contributed by atoms with Crippen molar-refractivity contribution in [2.45, 2.75) is 38.0 Å². The zero-order valence-corrected chi connectivity index (χ0v) is 22.3. The fourth-order valence-electron chi connectivity index (χ4n) is 5.69. The molecule has 7 aromatic rings.